The summed E-state index contributed by atoms with van der Waals surface area (Å²) in [7, 11) is 1.49. The quantitative estimate of drug-likeness (QED) is 0.0714. The fourth-order valence-corrected chi connectivity index (χ4v) is 12.6. The van der Waals surface area contributed by atoms with Gasteiger partial charge >= 0.3 is 0 Å². The van der Waals surface area contributed by atoms with Gasteiger partial charge in [0.2, 0.25) is 24.1 Å². The van der Waals surface area contributed by atoms with Gasteiger partial charge in [-0.1, -0.05) is 13.8 Å². The van der Waals surface area contributed by atoms with Crippen LogP contribution < -0.4 is 35.4 Å². The van der Waals surface area contributed by atoms with Gasteiger partial charge < -0.3 is 29.5 Å². The molecule has 21 heteroatoms. The Bertz CT molecular complexity index is 3350. The second-order valence-electron chi connectivity index (χ2n) is 21.9. The number of fused-ring (bicyclic) bond motifs is 4. The number of benzene rings is 2. The minimum absolute atomic E-state index is 0.0550. The largest absolute Gasteiger partial charge is 0.478 e. The van der Waals surface area contributed by atoms with Crippen LogP contribution in [0.2, 0.25) is 0 Å². The van der Waals surface area contributed by atoms with Crippen molar-refractivity contribution in [3.8, 4) is 17.1 Å². The van der Waals surface area contributed by atoms with Crippen molar-refractivity contribution in [1.82, 2.24) is 40.0 Å². The van der Waals surface area contributed by atoms with Crippen LogP contribution in [0, 0.1) is 5.41 Å². The SMILES string of the molecule is COc1ncc(-c2ccnc(N3CCn4c(cc5c4CC(C)(C)C5)C3=O)c2CO)nc1Nc1ccc(N2CCN(C3CCN(c4ccc5c(c4)C(=O)N(C4CCC(=O)NC4=O)C5=O)[C@H](C)C3)C[C@@H]2C)c(C=CC(=O)NC=O)c1. The minimum Gasteiger partial charge on any atom is -0.478 e. The van der Waals surface area contributed by atoms with Gasteiger partial charge in [-0.2, -0.15) is 0 Å². The zero-order valence-corrected chi connectivity index (χ0v) is 44.2. The summed E-state index contributed by atoms with van der Waals surface area (Å²) >= 11 is 0. The number of anilines is 5. The summed E-state index contributed by atoms with van der Waals surface area (Å²) in [5.41, 5.74) is 8.11. The molecule has 0 spiro atoms. The number of ether oxygens (including phenoxy) is 1. The number of methoxy groups -OCH3 is 1. The summed E-state index contributed by atoms with van der Waals surface area (Å²) in [5, 5.41) is 18.7. The van der Waals surface area contributed by atoms with Gasteiger partial charge in [-0.25, -0.2) is 15.0 Å². The normalized spacial score (nSPS) is 22.2. The highest BCUT2D eigenvalue weighted by molar-refractivity contribution is 6.23. The number of aliphatic hydroxyl groups is 1. The Morgan fingerprint density at radius 2 is 1.71 bits per heavy atom. The number of pyridine rings is 1. The second kappa shape index (κ2) is 20.6. The molecular formula is C57H62N12O9. The van der Waals surface area contributed by atoms with Gasteiger partial charge in [-0.05, 0) is 112 Å². The number of carbonyl (C=O) groups excluding carboxylic acids is 7. The molecule has 4 N–H and O–H groups in total. The lowest BCUT2D eigenvalue weighted by atomic mass is 9.90. The number of piperidine rings is 2. The number of carbonyl (C=O) groups is 7. The maximum Gasteiger partial charge on any atom is 0.276 e. The summed E-state index contributed by atoms with van der Waals surface area (Å²) in [4.78, 5) is 113. The summed E-state index contributed by atoms with van der Waals surface area (Å²) in [6.45, 7) is 12.4. The Labute approximate surface area is 450 Å². The zero-order valence-electron chi connectivity index (χ0n) is 44.2. The number of imide groups is 3. The van der Waals surface area contributed by atoms with Gasteiger partial charge in [-0.3, -0.25) is 58.9 Å². The van der Waals surface area contributed by atoms with Crippen molar-refractivity contribution in [3.05, 3.63) is 106 Å². The molecule has 3 fully saturated rings. The zero-order chi connectivity index (χ0) is 54.7. The molecule has 6 aliphatic rings. The standard InChI is InChI=1S/C57H62N12O9/c1-32-22-37(15-17-65(32)38-8-9-40-41(25-38)55(76)69(54(40)75)45-11-13-49(73)63-52(45)74)64-18-19-66(33(2)29-64)44-10-7-36(23-34(44)6-12-48(72)60-31-71)61-50-53(78-5)59-28-43(62-50)39-14-16-58-51(42(39)30-70)68-21-20-67-46(56(68)77)24-35-26-57(3,4)27-47(35)67/h6-10,12,14,16,23-25,28,31-33,37,45,70H,11,13,15,17-22,26-27,29-30H2,1-5H3,(H,61,62)(H,60,71,72)(H,63,73,74)/t32-,33+,37?,45?/m1/s1. The van der Waals surface area contributed by atoms with Gasteiger partial charge in [-0.15, -0.1) is 0 Å². The number of piperazine rings is 1. The molecule has 1 aliphatic carbocycles. The highest BCUT2D eigenvalue weighted by Gasteiger charge is 2.45. The Morgan fingerprint density at radius 1 is 0.885 bits per heavy atom. The van der Waals surface area contributed by atoms with E-state index in [4.69, 9.17) is 9.72 Å². The number of aliphatic hydroxyl groups excluding tert-OH is 1. The third-order valence-electron chi connectivity index (χ3n) is 16.3. The van der Waals surface area contributed by atoms with Crippen molar-refractivity contribution in [2.75, 3.05) is 59.9 Å². The van der Waals surface area contributed by atoms with E-state index < -0.39 is 42.2 Å². The number of rotatable bonds is 13. The highest BCUT2D eigenvalue weighted by Crippen LogP contribution is 2.41. The first-order chi connectivity index (χ1) is 37.5. The van der Waals surface area contributed by atoms with E-state index in [9.17, 15) is 38.7 Å². The maximum atomic E-state index is 14.1. The maximum absolute atomic E-state index is 14.1. The van der Waals surface area contributed by atoms with Crippen LogP contribution in [-0.4, -0.2) is 140 Å². The second-order valence-corrected chi connectivity index (χ2v) is 21.9. The predicted octanol–water partition coefficient (Wildman–Crippen LogP) is 4.62. The fraction of sp³-hybridized carbons (Fsp3) is 0.404. The number of aromatic nitrogens is 4. The van der Waals surface area contributed by atoms with E-state index in [0.29, 0.717) is 65.6 Å². The molecule has 7 amide bonds. The van der Waals surface area contributed by atoms with Crippen LogP contribution in [0.25, 0.3) is 17.3 Å². The topological polar surface area (TPSA) is 245 Å². The minimum atomic E-state index is -1.03. The van der Waals surface area contributed by atoms with Crippen molar-refractivity contribution in [1.29, 1.82) is 0 Å². The van der Waals surface area contributed by atoms with E-state index >= 15 is 0 Å². The smallest absolute Gasteiger partial charge is 0.276 e. The molecule has 0 radical (unpaired) electrons. The monoisotopic (exact) mass is 1060 g/mol. The first-order valence-corrected chi connectivity index (χ1v) is 26.5. The first-order valence-electron chi connectivity index (χ1n) is 26.5. The van der Waals surface area contributed by atoms with Crippen LogP contribution in [0.3, 0.4) is 0 Å². The van der Waals surface area contributed by atoms with Crippen molar-refractivity contribution >= 4 is 76.6 Å². The summed E-state index contributed by atoms with van der Waals surface area (Å²) in [5.74, 6) is -2.02. The van der Waals surface area contributed by atoms with Crippen LogP contribution in [0.15, 0.2) is 67.0 Å². The Morgan fingerprint density at radius 3 is 2.46 bits per heavy atom. The molecule has 78 heavy (non-hydrogen) atoms. The average molecular weight is 1060 g/mol. The fourth-order valence-electron chi connectivity index (χ4n) is 12.6. The van der Waals surface area contributed by atoms with E-state index in [1.54, 1.807) is 41.6 Å². The molecule has 2 unspecified atom stereocenters. The molecule has 404 valence electrons. The van der Waals surface area contributed by atoms with Crippen LogP contribution in [0.5, 0.6) is 5.88 Å². The lowest BCUT2D eigenvalue weighted by Crippen LogP contribution is -2.58. The lowest BCUT2D eigenvalue weighted by Gasteiger charge is -2.48. The van der Waals surface area contributed by atoms with Crippen LogP contribution in [0.1, 0.15) is 107 Å². The van der Waals surface area contributed by atoms with Crippen molar-refractivity contribution in [2.24, 2.45) is 5.41 Å². The van der Waals surface area contributed by atoms with E-state index in [1.165, 1.54) is 24.4 Å². The Kier molecular flexibility index (Phi) is 13.7. The van der Waals surface area contributed by atoms with Crippen LogP contribution in [0.4, 0.5) is 28.7 Å². The predicted molar refractivity (Wildman–Crippen MR) is 289 cm³/mol. The molecule has 5 aromatic rings. The molecule has 11 rings (SSSR count). The molecule has 2 aromatic carbocycles. The molecule has 0 bridgehead atoms. The van der Waals surface area contributed by atoms with Gasteiger partial charge in [0.15, 0.2) is 5.82 Å². The average Bonchev–Trinajstić information content (AvgIpc) is 4.16. The first kappa shape index (κ1) is 51.8. The Balaban J connectivity index is 0.786. The molecule has 0 saturated carbocycles. The number of hydrogen-bond donors (Lipinski definition) is 4. The molecule has 5 aliphatic heterocycles. The highest BCUT2D eigenvalue weighted by atomic mass is 16.5. The van der Waals surface area contributed by atoms with Gasteiger partial charge in [0.1, 0.15) is 17.6 Å². The molecule has 4 atom stereocenters. The van der Waals surface area contributed by atoms with Gasteiger partial charge in [0, 0.05) is 116 Å². The van der Waals surface area contributed by atoms with E-state index in [1.807, 2.05) is 30.3 Å². The number of hydrogen-bond acceptors (Lipinski definition) is 16. The summed E-state index contributed by atoms with van der Waals surface area (Å²) in [6, 6.07) is 14.2. The van der Waals surface area contributed by atoms with Crippen molar-refractivity contribution in [2.45, 2.75) is 104 Å². The van der Waals surface area contributed by atoms with E-state index in [2.05, 4.69) is 72.9 Å². The Hall–Kier alpha value is -8.30. The van der Waals surface area contributed by atoms with Gasteiger partial charge in [0.25, 0.3) is 23.6 Å². The van der Waals surface area contributed by atoms with Crippen LogP contribution in [-0.2, 0) is 45.2 Å². The lowest BCUT2D eigenvalue weighted by molar-refractivity contribution is -0.136. The molecule has 8 heterocycles. The molecular weight excluding hydrogens is 997 g/mol. The summed E-state index contributed by atoms with van der Waals surface area (Å²) in [6.07, 6.45) is 10.2. The van der Waals surface area contributed by atoms with E-state index in [-0.39, 0.29) is 65.1 Å². The number of nitrogens with one attached hydrogen (secondary N) is 3. The molecule has 3 aromatic heterocycles. The van der Waals surface area contributed by atoms with Crippen LogP contribution >= 0.6 is 0 Å². The number of amides is 7. The summed E-state index contributed by atoms with van der Waals surface area (Å²) < 4.78 is 7.81. The molecule has 21 nitrogen and oxygen atoms in total. The van der Waals surface area contributed by atoms with Gasteiger partial charge in [0.05, 0.1) is 36.7 Å². The third-order valence-corrected chi connectivity index (χ3v) is 16.3. The third kappa shape index (κ3) is 9.43. The van der Waals surface area contributed by atoms with Crippen molar-refractivity contribution in [3.63, 3.8) is 0 Å². The van der Waals surface area contributed by atoms with E-state index in [0.717, 1.165) is 61.6 Å². The van der Waals surface area contributed by atoms with Crippen molar-refractivity contribution < 1.29 is 43.4 Å². The number of nitrogens with zero attached hydrogens (tertiary/aromatic N) is 9. The molecule has 3 saturated heterocycles.